The van der Waals surface area contributed by atoms with Gasteiger partial charge in [0.1, 0.15) is 12.0 Å². The third-order valence-corrected chi connectivity index (χ3v) is 3.58. The first kappa shape index (κ1) is 12.8. The van der Waals surface area contributed by atoms with Crippen LogP contribution in [0.25, 0.3) is 0 Å². The topological polar surface area (TPSA) is 85.3 Å². The van der Waals surface area contributed by atoms with Crippen LogP contribution in [0, 0.1) is 16.0 Å². The molecule has 1 aromatic heterocycles. The number of nitrogens with two attached hydrogens (primary N) is 1. The summed E-state index contributed by atoms with van der Waals surface area (Å²) in [6.07, 6.45) is 3.30. The molecule has 2 heterocycles. The fourth-order valence-corrected chi connectivity index (χ4v) is 2.36. The molecule has 1 fully saturated rings. The van der Waals surface area contributed by atoms with Crippen molar-refractivity contribution < 1.29 is 4.92 Å². The number of hydrogen-bond acceptors (Lipinski definition) is 5. The van der Waals surface area contributed by atoms with Gasteiger partial charge in [-0.1, -0.05) is 13.3 Å². The number of pyridine rings is 1. The summed E-state index contributed by atoms with van der Waals surface area (Å²) in [7, 11) is 0. The Kier molecular flexibility index (Phi) is 3.76. The fraction of sp³-hybridized carbons (Fsp3) is 0.583. The molecular weight excluding hydrogens is 232 g/mol. The Bertz CT molecular complexity index is 421. The lowest BCUT2D eigenvalue weighted by Gasteiger charge is -2.37. The van der Waals surface area contributed by atoms with Crippen molar-refractivity contribution in [3.05, 3.63) is 28.4 Å². The molecule has 2 atom stereocenters. The zero-order valence-electron chi connectivity index (χ0n) is 10.5. The lowest BCUT2D eigenvalue weighted by atomic mass is 9.91. The number of nitro groups is 1. The highest BCUT2D eigenvalue weighted by Crippen LogP contribution is 2.23. The average molecular weight is 250 g/mol. The second-order valence-electron chi connectivity index (χ2n) is 4.70. The van der Waals surface area contributed by atoms with Crippen LogP contribution in [0.3, 0.4) is 0 Å². The molecule has 0 bridgehead atoms. The monoisotopic (exact) mass is 250 g/mol. The average Bonchev–Trinajstić information content (AvgIpc) is 2.39. The molecule has 1 aromatic rings. The first-order valence-electron chi connectivity index (χ1n) is 6.22. The van der Waals surface area contributed by atoms with E-state index in [1.807, 2.05) is 0 Å². The van der Waals surface area contributed by atoms with E-state index in [0.717, 1.165) is 31.7 Å². The van der Waals surface area contributed by atoms with Gasteiger partial charge in [-0.05, 0) is 18.4 Å². The third kappa shape index (κ3) is 2.59. The van der Waals surface area contributed by atoms with Crippen LogP contribution in [-0.4, -0.2) is 29.0 Å². The Morgan fingerprint density at radius 3 is 2.94 bits per heavy atom. The molecule has 2 rings (SSSR count). The summed E-state index contributed by atoms with van der Waals surface area (Å²) in [5.41, 5.74) is 6.08. The second kappa shape index (κ2) is 5.30. The van der Waals surface area contributed by atoms with Gasteiger partial charge in [-0.25, -0.2) is 4.98 Å². The number of piperidine rings is 1. The zero-order chi connectivity index (χ0) is 13.1. The van der Waals surface area contributed by atoms with Crippen molar-refractivity contribution in [2.75, 3.05) is 18.0 Å². The molecule has 0 amide bonds. The Labute approximate surface area is 106 Å². The van der Waals surface area contributed by atoms with Gasteiger partial charge in [0.05, 0.1) is 4.92 Å². The number of anilines is 1. The van der Waals surface area contributed by atoms with Crippen LogP contribution in [0.2, 0.25) is 0 Å². The standard InChI is InChI=1S/C12H18N4O2/c1-2-9-8-15(6-5-11(9)13)12-4-3-10(7-14-12)16(17)18/h3-4,7,9,11H,2,5-6,8,13H2,1H3. The Hall–Kier alpha value is -1.69. The van der Waals surface area contributed by atoms with Crippen molar-refractivity contribution in [3.8, 4) is 0 Å². The predicted molar refractivity (Wildman–Crippen MR) is 69.5 cm³/mol. The molecular formula is C12H18N4O2. The van der Waals surface area contributed by atoms with E-state index >= 15 is 0 Å². The van der Waals surface area contributed by atoms with Crippen molar-refractivity contribution in [1.82, 2.24) is 4.98 Å². The quantitative estimate of drug-likeness (QED) is 0.650. The molecule has 1 saturated heterocycles. The van der Waals surface area contributed by atoms with Crippen molar-refractivity contribution in [2.24, 2.45) is 11.7 Å². The van der Waals surface area contributed by atoms with Crippen LogP contribution in [0.15, 0.2) is 18.3 Å². The van der Waals surface area contributed by atoms with Crippen molar-refractivity contribution in [3.63, 3.8) is 0 Å². The smallest absolute Gasteiger partial charge is 0.287 e. The van der Waals surface area contributed by atoms with E-state index in [0.29, 0.717) is 5.92 Å². The van der Waals surface area contributed by atoms with Crippen LogP contribution in [0.1, 0.15) is 19.8 Å². The SMILES string of the molecule is CCC1CN(c2ccc([N+](=O)[O-])cn2)CCC1N. The normalized spacial score (nSPS) is 24.0. The van der Waals surface area contributed by atoms with Crippen LogP contribution in [0.4, 0.5) is 11.5 Å². The summed E-state index contributed by atoms with van der Waals surface area (Å²) in [6, 6.07) is 3.46. The van der Waals surface area contributed by atoms with Gasteiger partial charge in [0.15, 0.2) is 0 Å². The van der Waals surface area contributed by atoms with Gasteiger partial charge >= 0.3 is 0 Å². The molecule has 0 aliphatic carbocycles. The Morgan fingerprint density at radius 2 is 2.39 bits per heavy atom. The number of hydrogen-bond donors (Lipinski definition) is 1. The maximum absolute atomic E-state index is 10.6. The van der Waals surface area contributed by atoms with Gasteiger partial charge in [0.25, 0.3) is 5.69 Å². The van der Waals surface area contributed by atoms with Gasteiger partial charge in [-0.2, -0.15) is 0 Å². The summed E-state index contributed by atoms with van der Waals surface area (Å²) in [5.74, 6) is 1.27. The number of rotatable bonds is 3. The van der Waals surface area contributed by atoms with Crippen LogP contribution in [0.5, 0.6) is 0 Å². The summed E-state index contributed by atoms with van der Waals surface area (Å²) in [6.45, 7) is 3.88. The highest BCUT2D eigenvalue weighted by Gasteiger charge is 2.26. The molecule has 18 heavy (non-hydrogen) atoms. The largest absolute Gasteiger partial charge is 0.356 e. The number of aromatic nitrogens is 1. The lowest BCUT2D eigenvalue weighted by molar-refractivity contribution is -0.385. The van der Waals surface area contributed by atoms with Gasteiger partial charge in [0, 0.05) is 25.2 Å². The molecule has 1 aliphatic heterocycles. The van der Waals surface area contributed by atoms with Gasteiger partial charge in [-0.3, -0.25) is 10.1 Å². The Balaban J connectivity index is 2.09. The fourth-order valence-electron chi connectivity index (χ4n) is 2.36. The molecule has 2 unspecified atom stereocenters. The first-order chi connectivity index (χ1) is 8.61. The molecule has 6 heteroatoms. The van der Waals surface area contributed by atoms with Crippen molar-refractivity contribution >= 4 is 11.5 Å². The summed E-state index contributed by atoms with van der Waals surface area (Å²) in [4.78, 5) is 16.4. The molecule has 0 aromatic carbocycles. The van der Waals surface area contributed by atoms with Crippen LogP contribution >= 0.6 is 0 Å². The van der Waals surface area contributed by atoms with E-state index in [1.54, 1.807) is 6.07 Å². The molecule has 1 aliphatic rings. The molecule has 0 radical (unpaired) electrons. The van der Waals surface area contributed by atoms with E-state index in [4.69, 9.17) is 5.73 Å². The summed E-state index contributed by atoms with van der Waals surface area (Å²) >= 11 is 0. The molecule has 0 saturated carbocycles. The predicted octanol–water partition coefficient (Wildman–Crippen LogP) is 1.55. The van der Waals surface area contributed by atoms with Crippen LogP contribution in [-0.2, 0) is 0 Å². The maximum Gasteiger partial charge on any atom is 0.287 e. The minimum absolute atomic E-state index is 0.0273. The van der Waals surface area contributed by atoms with E-state index in [-0.39, 0.29) is 11.7 Å². The van der Waals surface area contributed by atoms with Crippen molar-refractivity contribution in [2.45, 2.75) is 25.8 Å². The van der Waals surface area contributed by atoms with Crippen LogP contribution < -0.4 is 10.6 Å². The lowest BCUT2D eigenvalue weighted by Crippen LogP contribution is -2.47. The first-order valence-corrected chi connectivity index (χ1v) is 6.22. The maximum atomic E-state index is 10.6. The molecule has 2 N–H and O–H groups in total. The van der Waals surface area contributed by atoms with Crippen molar-refractivity contribution in [1.29, 1.82) is 0 Å². The summed E-state index contributed by atoms with van der Waals surface area (Å²) in [5, 5.41) is 10.6. The highest BCUT2D eigenvalue weighted by atomic mass is 16.6. The second-order valence-corrected chi connectivity index (χ2v) is 4.70. The van der Waals surface area contributed by atoms with Gasteiger partial charge < -0.3 is 10.6 Å². The molecule has 98 valence electrons. The minimum atomic E-state index is -0.433. The Morgan fingerprint density at radius 1 is 1.61 bits per heavy atom. The summed E-state index contributed by atoms with van der Waals surface area (Å²) < 4.78 is 0. The third-order valence-electron chi connectivity index (χ3n) is 3.58. The van der Waals surface area contributed by atoms with Gasteiger partial charge in [-0.15, -0.1) is 0 Å². The van der Waals surface area contributed by atoms with Gasteiger partial charge in [0.2, 0.25) is 0 Å². The van der Waals surface area contributed by atoms with E-state index in [2.05, 4.69) is 16.8 Å². The van der Waals surface area contributed by atoms with E-state index in [9.17, 15) is 10.1 Å². The number of nitrogens with zero attached hydrogens (tertiary/aromatic N) is 3. The molecule has 6 nitrogen and oxygen atoms in total. The zero-order valence-corrected chi connectivity index (χ0v) is 10.5. The van der Waals surface area contributed by atoms with E-state index < -0.39 is 4.92 Å². The highest BCUT2D eigenvalue weighted by molar-refractivity contribution is 5.43. The minimum Gasteiger partial charge on any atom is -0.356 e. The molecule has 0 spiro atoms. The van der Waals surface area contributed by atoms with E-state index in [1.165, 1.54) is 12.3 Å².